The first kappa shape index (κ1) is 22.9. The van der Waals surface area contributed by atoms with Crippen LogP contribution in [0.5, 0.6) is 0 Å². The Hall–Kier alpha value is -2.77. The van der Waals surface area contributed by atoms with Crippen LogP contribution < -0.4 is 15.4 Å². The molecule has 3 N–H and O–H groups in total. The highest BCUT2D eigenvalue weighted by atomic mass is 32.2. The first-order chi connectivity index (χ1) is 14.4. The van der Waals surface area contributed by atoms with Crippen molar-refractivity contribution in [1.29, 1.82) is 0 Å². The maximum Gasteiger partial charge on any atom is 0.417 e. The molecule has 1 atom stereocenters. The maximum absolute atomic E-state index is 13.2. The van der Waals surface area contributed by atoms with Crippen LogP contribution in [0.1, 0.15) is 29.3 Å². The number of sulfonamides is 1. The number of nitrogens with two attached hydrogens (primary N) is 1. The van der Waals surface area contributed by atoms with Crippen LogP contribution in [-0.2, 0) is 20.9 Å². The molecule has 0 radical (unpaired) electrons. The first-order valence-electron chi connectivity index (χ1n) is 9.19. The summed E-state index contributed by atoms with van der Waals surface area (Å²) >= 11 is 0. The monoisotopic (exact) mass is 459 g/mol. The number of primary sulfonamides is 1. The summed E-state index contributed by atoms with van der Waals surface area (Å²) < 4.78 is 68.2. The van der Waals surface area contributed by atoms with Gasteiger partial charge < -0.3 is 15.0 Å². The number of ether oxygens (including phenoxy) is 1. The molecule has 3 heterocycles. The van der Waals surface area contributed by atoms with Crippen molar-refractivity contribution >= 4 is 27.4 Å². The van der Waals surface area contributed by atoms with Gasteiger partial charge in [-0.1, -0.05) is 0 Å². The molecule has 1 amide bonds. The highest BCUT2D eigenvalue weighted by molar-refractivity contribution is 7.89. The minimum absolute atomic E-state index is 0.0000421. The molecule has 3 rings (SSSR count). The number of amides is 1. The van der Waals surface area contributed by atoms with Gasteiger partial charge in [-0.2, -0.15) is 13.2 Å². The number of pyridine rings is 2. The zero-order chi connectivity index (χ0) is 22.8. The van der Waals surface area contributed by atoms with Crippen molar-refractivity contribution in [2.45, 2.75) is 30.7 Å². The average molecular weight is 459 g/mol. The highest BCUT2D eigenvalue weighted by Crippen LogP contribution is 2.32. The molecule has 13 heteroatoms. The summed E-state index contributed by atoms with van der Waals surface area (Å²) in [6.07, 6.45) is -2.52. The van der Waals surface area contributed by atoms with Gasteiger partial charge in [-0.25, -0.2) is 23.5 Å². The fourth-order valence-electron chi connectivity index (χ4n) is 3.06. The molecule has 9 nitrogen and oxygen atoms in total. The lowest BCUT2D eigenvalue weighted by Crippen LogP contribution is -2.33. The lowest BCUT2D eigenvalue weighted by atomic mass is 10.1. The molecule has 0 spiro atoms. The van der Waals surface area contributed by atoms with Gasteiger partial charge in [0, 0.05) is 43.8 Å². The number of anilines is 2. The number of nitrogens with zero attached hydrogens (tertiary/aromatic N) is 3. The number of aromatic nitrogens is 2. The largest absolute Gasteiger partial charge is 0.417 e. The molecule has 2 aromatic heterocycles. The number of carbonyl (C=O) groups is 1. The van der Waals surface area contributed by atoms with Gasteiger partial charge in [0.25, 0.3) is 15.9 Å². The van der Waals surface area contributed by atoms with Crippen molar-refractivity contribution in [3.8, 4) is 0 Å². The summed E-state index contributed by atoms with van der Waals surface area (Å²) in [5.74, 6) is -0.818. The normalized spacial score (nSPS) is 17.8. The fourth-order valence-corrected chi connectivity index (χ4v) is 3.56. The number of rotatable bonds is 4. The molecule has 0 bridgehead atoms. The van der Waals surface area contributed by atoms with Crippen molar-refractivity contribution in [3.05, 3.63) is 41.7 Å². The average Bonchev–Trinajstić information content (AvgIpc) is 2.90. The van der Waals surface area contributed by atoms with E-state index in [1.165, 1.54) is 6.07 Å². The van der Waals surface area contributed by atoms with Gasteiger partial charge in [-0.3, -0.25) is 4.79 Å². The molecule has 168 valence electrons. The van der Waals surface area contributed by atoms with Gasteiger partial charge >= 0.3 is 6.18 Å². The Kier molecular flexibility index (Phi) is 6.48. The SMILES string of the molecule is C[C@@H]1CN(c2ncc(C(F)(F)F)cc2C(=O)Nc2ccnc(S(N)(=O)=O)c2)CCCO1. The molecule has 1 aliphatic heterocycles. The molecule has 1 aliphatic rings. The molecule has 2 aromatic rings. The van der Waals surface area contributed by atoms with Crippen molar-refractivity contribution in [2.75, 3.05) is 29.9 Å². The Balaban J connectivity index is 1.99. The third-order valence-electron chi connectivity index (χ3n) is 4.47. The van der Waals surface area contributed by atoms with E-state index < -0.39 is 32.7 Å². The van der Waals surface area contributed by atoms with Crippen LogP contribution in [0.4, 0.5) is 24.7 Å². The van der Waals surface area contributed by atoms with E-state index in [2.05, 4.69) is 15.3 Å². The third-order valence-corrected chi connectivity index (χ3v) is 5.28. The second-order valence-corrected chi connectivity index (χ2v) is 8.46. The van der Waals surface area contributed by atoms with Crippen LogP contribution in [0.2, 0.25) is 0 Å². The van der Waals surface area contributed by atoms with Crippen LogP contribution in [0.3, 0.4) is 0 Å². The number of nitrogens with one attached hydrogen (secondary N) is 1. The van der Waals surface area contributed by atoms with E-state index in [9.17, 15) is 26.4 Å². The van der Waals surface area contributed by atoms with E-state index in [0.717, 1.165) is 18.3 Å². The van der Waals surface area contributed by atoms with E-state index in [0.29, 0.717) is 32.3 Å². The summed E-state index contributed by atoms with van der Waals surface area (Å²) in [4.78, 5) is 22.1. The topological polar surface area (TPSA) is 128 Å². The molecule has 0 unspecified atom stereocenters. The predicted octanol–water partition coefficient (Wildman–Crippen LogP) is 2.01. The zero-order valence-corrected chi connectivity index (χ0v) is 17.2. The quantitative estimate of drug-likeness (QED) is 0.716. The van der Waals surface area contributed by atoms with Crippen LogP contribution in [0.15, 0.2) is 35.6 Å². The summed E-state index contributed by atoms with van der Waals surface area (Å²) in [5, 5.41) is 6.93. The number of halogens is 3. The van der Waals surface area contributed by atoms with Crippen molar-refractivity contribution in [2.24, 2.45) is 5.14 Å². The Morgan fingerprint density at radius 3 is 2.74 bits per heavy atom. The number of hydrogen-bond acceptors (Lipinski definition) is 7. The molecule has 0 aliphatic carbocycles. The third kappa shape index (κ3) is 5.68. The lowest BCUT2D eigenvalue weighted by Gasteiger charge is -2.25. The van der Waals surface area contributed by atoms with Gasteiger partial charge in [0.15, 0.2) is 5.03 Å². The van der Waals surface area contributed by atoms with Crippen molar-refractivity contribution in [3.63, 3.8) is 0 Å². The van der Waals surface area contributed by atoms with Crippen LogP contribution >= 0.6 is 0 Å². The minimum atomic E-state index is -4.70. The Morgan fingerprint density at radius 2 is 2.06 bits per heavy atom. The summed E-state index contributed by atoms with van der Waals surface area (Å²) in [6.45, 7) is 3.07. The van der Waals surface area contributed by atoms with Crippen LogP contribution in [0.25, 0.3) is 0 Å². The molecule has 0 aromatic carbocycles. The predicted molar refractivity (Wildman–Crippen MR) is 105 cm³/mol. The molecule has 1 fully saturated rings. The summed E-state index contributed by atoms with van der Waals surface area (Å²) in [5.41, 5.74) is -1.39. The molecule has 0 saturated carbocycles. The lowest BCUT2D eigenvalue weighted by molar-refractivity contribution is -0.137. The smallest absolute Gasteiger partial charge is 0.377 e. The van der Waals surface area contributed by atoms with Crippen molar-refractivity contribution in [1.82, 2.24) is 9.97 Å². The first-order valence-corrected chi connectivity index (χ1v) is 10.7. The second kappa shape index (κ2) is 8.77. The highest BCUT2D eigenvalue weighted by Gasteiger charge is 2.33. The Labute approximate surface area is 176 Å². The number of carbonyl (C=O) groups excluding carboxylic acids is 1. The van der Waals surface area contributed by atoms with E-state index in [4.69, 9.17) is 9.88 Å². The minimum Gasteiger partial charge on any atom is -0.377 e. The maximum atomic E-state index is 13.2. The van der Waals surface area contributed by atoms with Crippen molar-refractivity contribution < 1.29 is 31.1 Å². The number of hydrogen-bond donors (Lipinski definition) is 2. The molecular weight excluding hydrogens is 439 g/mol. The standard InChI is InChI=1S/C18H20F3N5O4S/c1-11-10-26(5-2-6-30-11)16-14(7-12(9-24-16)18(19,20)21)17(27)25-13-3-4-23-15(8-13)31(22,28)29/h3-4,7-9,11H,2,5-6,10H2,1H3,(H2,22,28,29)(H,23,25,27)/t11-/m1/s1. The van der Waals surface area contributed by atoms with E-state index in [-0.39, 0.29) is 23.2 Å². The summed E-state index contributed by atoms with van der Waals surface area (Å²) in [7, 11) is -4.13. The van der Waals surface area contributed by atoms with Gasteiger partial charge in [0.05, 0.1) is 17.2 Å². The fraction of sp³-hybridized carbons (Fsp3) is 0.389. The van der Waals surface area contributed by atoms with Gasteiger partial charge in [0.1, 0.15) is 5.82 Å². The van der Waals surface area contributed by atoms with Gasteiger partial charge in [-0.05, 0) is 25.5 Å². The van der Waals surface area contributed by atoms with E-state index in [1.54, 1.807) is 4.90 Å². The summed E-state index contributed by atoms with van der Waals surface area (Å²) in [6, 6.07) is 3.01. The number of alkyl halides is 3. The Morgan fingerprint density at radius 1 is 1.32 bits per heavy atom. The van der Waals surface area contributed by atoms with Crippen LogP contribution in [0, 0.1) is 0 Å². The molecular formula is C18H20F3N5O4S. The molecule has 1 saturated heterocycles. The van der Waals surface area contributed by atoms with Gasteiger partial charge in [-0.15, -0.1) is 0 Å². The van der Waals surface area contributed by atoms with E-state index in [1.807, 2.05) is 6.92 Å². The molecule has 31 heavy (non-hydrogen) atoms. The Bertz CT molecular complexity index is 1080. The van der Waals surface area contributed by atoms with Gasteiger partial charge in [0.2, 0.25) is 0 Å². The zero-order valence-electron chi connectivity index (χ0n) is 16.4. The second-order valence-electron chi connectivity index (χ2n) is 6.96. The van der Waals surface area contributed by atoms with Crippen LogP contribution in [-0.4, -0.2) is 50.1 Å². The van der Waals surface area contributed by atoms with E-state index >= 15 is 0 Å².